The smallest absolute Gasteiger partial charge is 0.185 e. The number of aromatic nitrogens is 1. The zero-order valence-corrected chi connectivity index (χ0v) is 14.0. The summed E-state index contributed by atoms with van der Waals surface area (Å²) in [6, 6.07) is 0. The van der Waals surface area contributed by atoms with Gasteiger partial charge in [-0.15, -0.1) is 11.3 Å². The van der Waals surface area contributed by atoms with Crippen LogP contribution < -0.4 is 10.2 Å². The van der Waals surface area contributed by atoms with E-state index in [1.54, 1.807) is 18.4 Å². The lowest BCUT2D eigenvalue weighted by atomic mass is 10.4. The van der Waals surface area contributed by atoms with Crippen molar-refractivity contribution < 1.29 is 4.74 Å². The highest BCUT2D eigenvalue weighted by molar-refractivity contribution is 7.15. The third kappa shape index (κ3) is 6.65. The molecule has 1 rings (SSSR count). The molecule has 0 aliphatic heterocycles. The van der Waals surface area contributed by atoms with E-state index in [0.29, 0.717) is 0 Å². The highest BCUT2D eigenvalue weighted by atomic mass is 32.1. The highest BCUT2D eigenvalue weighted by Crippen LogP contribution is 2.22. The lowest BCUT2D eigenvalue weighted by Crippen LogP contribution is -2.32. The minimum atomic E-state index is 0.746. The van der Waals surface area contributed by atoms with E-state index in [-0.39, 0.29) is 0 Å². The minimum Gasteiger partial charge on any atom is -0.383 e. The molecule has 0 radical (unpaired) electrons. The van der Waals surface area contributed by atoms with Gasteiger partial charge in [0.1, 0.15) is 0 Å². The van der Waals surface area contributed by atoms with E-state index in [1.165, 1.54) is 4.88 Å². The summed E-state index contributed by atoms with van der Waals surface area (Å²) in [6.07, 6.45) is 3.13. The molecular formula is C14H28N4OS. The highest BCUT2D eigenvalue weighted by Gasteiger charge is 2.10. The van der Waals surface area contributed by atoms with Crippen LogP contribution in [0, 0.1) is 0 Å². The Bertz CT molecular complexity index is 357. The van der Waals surface area contributed by atoms with Gasteiger partial charge in [0.15, 0.2) is 5.13 Å². The second-order valence-electron chi connectivity index (χ2n) is 5.07. The molecule has 0 aliphatic rings. The molecule has 0 spiro atoms. The second-order valence-corrected chi connectivity index (χ2v) is 6.16. The van der Waals surface area contributed by atoms with Gasteiger partial charge in [0, 0.05) is 50.9 Å². The number of hydrogen-bond acceptors (Lipinski definition) is 6. The summed E-state index contributed by atoms with van der Waals surface area (Å²) in [5.74, 6) is 0. The second kappa shape index (κ2) is 10.1. The number of ether oxygens (including phenoxy) is 1. The molecule has 1 aromatic heterocycles. The first-order chi connectivity index (χ1) is 9.67. The number of hydrogen-bond donors (Lipinski definition) is 1. The fraction of sp³-hybridized carbons (Fsp3) is 0.786. The van der Waals surface area contributed by atoms with Gasteiger partial charge in [-0.3, -0.25) is 0 Å². The van der Waals surface area contributed by atoms with Crippen LogP contribution in [0.4, 0.5) is 5.13 Å². The van der Waals surface area contributed by atoms with Crippen molar-refractivity contribution >= 4 is 16.5 Å². The Kier molecular flexibility index (Phi) is 8.77. The third-order valence-electron chi connectivity index (χ3n) is 2.90. The SMILES string of the molecule is CCCN(CCN(C)C)c1ncc(CNCCOC)s1. The molecule has 1 N–H and O–H groups in total. The van der Waals surface area contributed by atoms with Crippen molar-refractivity contribution in [1.29, 1.82) is 0 Å². The quantitative estimate of drug-likeness (QED) is 0.629. The maximum absolute atomic E-state index is 5.02. The van der Waals surface area contributed by atoms with E-state index in [0.717, 1.165) is 50.9 Å². The van der Waals surface area contributed by atoms with Gasteiger partial charge in [-0.2, -0.15) is 0 Å². The lowest BCUT2D eigenvalue weighted by molar-refractivity contribution is 0.199. The molecule has 0 aromatic carbocycles. The summed E-state index contributed by atoms with van der Waals surface area (Å²) in [6.45, 7) is 7.86. The van der Waals surface area contributed by atoms with Gasteiger partial charge >= 0.3 is 0 Å². The monoisotopic (exact) mass is 300 g/mol. The summed E-state index contributed by atoms with van der Waals surface area (Å²) in [5, 5.41) is 4.49. The molecule has 0 amide bonds. The lowest BCUT2D eigenvalue weighted by Gasteiger charge is -2.23. The Morgan fingerprint density at radius 1 is 1.30 bits per heavy atom. The third-order valence-corrected chi connectivity index (χ3v) is 3.96. The van der Waals surface area contributed by atoms with Crippen LogP contribution in [-0.2, 0) is 11.3 Å². The Hall–Kier alpha value is -0.690. The summed E-state index contributed by atoms with van der Waals surface area (Å²) in [4.78, 5) is 10.4. The summed E-state index contributed by atoms with van der Waals surface area (Å²) in [5.41, 5.74) is 0. The average molecular weight is 300 g/mol. The number of nitrogens with one attached hydrogen (secondary N) is 1. The molecule has 0 fully saturated rings. The number of anilines is 1. The molecule has 5 nitrogen and oxygen atoms in total. The predicted octanol–water partition coefficient (Wildman–Crippen LogP) is 1.66. The molecule has 0 saturated heterocycles. The Labute approximate surface area is 126 Å². The first kappa shape index (κ1) is 17.4. The molecule has 0 saturated carbocycles. The summed E-state index contributed by atoms with van der Waals surface area (Å²) in [7, 11) is 5.94. The predicted molar refractivity (Wildman–Crippen MR) is 86.8 cm³/mol. The molecule has 116 valence electrons. The molecule has 20 heavy (non-hydrogen) atoms. The van der Waals surface area contributed by atoms with E-state index in [4.69, 9.17) is 4.74 Å². The zero-order chi connectivity index (χ0) is 14.8. The molecule has 0 bridgehead atoms. The summed E-state index contributed by atoms with van der Waals surface area (Å²) < 4.78 is 5.02. The topological polar surface area (TPSA) is 40.6 Å². The number of methoxy groups -OCH3 is 1. The first-order valence-electron chi connectivity index (χ1n) is 7.21. The van der Waals surface area contributed by atoms with Crippen LogP contribution in [-0.4, -0.2) is 63.9 Å². The maximum Gasteiger partial charge on any atom is 0.185 e. The maximum atomic E-state index is 5.02. The Balaban J connectivity index is 2.47. The number of rotatable bonds is 11. The molecular weight excluding hydrogens is 272 g/mol. The summed E-state index contributed by atoms with van der Waals surface area (Å²) >= 11 is 1.78. The van der Waals surface area contributed by atoms with Crippen molar-refractivity contribution in [1.82, 2.24) is 15.2 Å². The van der Waals surface area contributed by atoms with E-state index in [2.05, 4.69) is 41.1 Å². The van der Waals surface area contributed by atoms with Crippen LogP contribution in [0.1, 0.15) is 18.2 Å². The number of thiazole rings is 1. The van der Waals surface area contributed by atoms with Gasteiger partial charge in [0.25, 0.3) is 0 Å². The van der Waals surface area contributed by atoms with Gasteiger partial charge in [0.2, 0.25) is 0 Å². The van der Waals surface area contributed by atoms with Crippen molar-refractivity contribution in [2.75, 3.05) is 58.9 Å². The largest absolute Gasteiger partial charge is 0.383 e. The van der Waals surface area contributed by atoms with Gasteiger partial charge in [0.05, 0.1) is 6.61 Å². The minimum absolute atomic E-state index is 0.746. The molecule has 0 aliphatic carbocycles. The molecule has 1 aromatic rings. The fourth-order valence-electron chi connectivity index (χ4n) is 1.80. The van der Waals surface area contributed by atoms with Crippen molar-refractivity contribution in [3.63, 3.8) is 0 Å². The van der Waals surface area contributed by atoms with Gasteiger partial charge < -0.3 is 19.9 Å². The first-order valence-corrected chi connectivity index (χ1v) is 8.03. The normalized spacial score (nSPS) is 11.2. The van der Waals surface area contributed by atoms with E-state index < -0.39 is 0 Å². The Morgan fingerprint density at radius 3 is 2.75 bits per heavy atom. The van der Waals surface area contributed by atoms with E-state index in [1.807, 2.05) is 6.20 Å². The van der Waals surface area contributed by atoms with Crippen LogP contribution in [0.15, 0.2) is 6.20 Å². The molecule has 0 unspecified atom stereocenters. The Morgan fingerprint density at radius 2 is 2.10 bits per heavy atom. The number of nitrogens with zero attached hydrogens (tertiary/aromatic N) is 3. The van der Waals surface area contributed by atoms with Crippen LogP contribution in [0.5, 0.6) is 0 Å². The standard InChI is InChI=1S/C14H28N4OS/c1-5-7-18(9-8-17(2)3)14-16-12-13(20-14)11-15-6-10-19-4/h12,15H,5-11H2,1-4H3. The average Bonchev–Trinajstić information content (AvgIpc) is 2.88. The van der Waals surface area contributed by atoms with Gasteiger partial charge in [-0.1, -0.05) is 6.92 Å². The molecule has 6 heteroatoms. The van der Waals surface area contributed by atoms with Crippen LogP contribution in [0.25, 0.3) is 0 Å². The number of likely N-dealkylation sites (N-methyl/N-ethyl adjacent to an activating group) is 1. The van der Waals surface area contributed by atoms with Crippen molar-refractivity contribution in [2.24, 2.45) is 0 Å². The van der Waals surface area contributed by atoms with E-state index >= 15 is 0 Å². The molecule has 0 atom stereocenters. The van der Waals surface area contributed by atoms with Crippen LogP contribution in [0.3, 0.4) is 0 Å². The van der Waals surface area contributed by atoms with Crippen molar-refractivity contribution in [2.45, 2.75) is 19.9 Å². The van der Waals surface area contributed by atoms with E-state index in [9.17, 15) is 0 Å². The van der Waals surface area contributed by atoms with Gasteiger partial charge in [-0.05, 0) is 20.5 Å². The fourth-order valence-corrected chi connectivity index (χ4v) is 2.74. The van der Waals surface area contributed by atoms with Gasteiger partial charge in [-0.25, -0.2) is 4.98 Å². The zero-order valence-electron chi connectivity index (χ0n) is 13.2. The van der Waals surface area contributed by atoms with Crippen LogP contribution >= 0.6 is 11.3 Å². The molecule has 1 heterocycles. The van der Waals surface area contributed by atoms with Crippen molar-refractivity contribution in [3.8, 4) is 0 Å². The van der Waals surface area contributed by atoms with Crippen molar-refractivity contribution in [3.05, 3.63) is 11.1 Å². The van der Waals surface area contributed by atoms with Crippen LogP contribution in [0.2, 0.25) is 0 Å².